The third-order valence-electron chi connectivity index (χ3n) is 2.74. The molecule has 0 aliphatic heterocycles. The zero-order valence-corrected chi connectivity index (χ0v) is 10.4. The first-order valence-corrected chi connectivity index (χ1v) is 6.48. The molecule has 0 bridgehead atoms. The third-order valence-corrected chi connectivity index (χ3v) is 2.74. The van der Waals surface area contributed by atoms with E-state index in [0.29, 0.717) is 6.61 Å². The van der Waals surface area contributed by atoms with Crippen LogP contribution in [0.3, 0.4) is 0 Å². The molecule has 0 amide bonds. The Morgan fingerprint density at radius 3 is 2.53 bits per heavy atom. The van der Waals surface area contributed by atoms with Gasteiger partial charge in [-0.3, -0.25) is 0 Å². The molecule has 0 aromatic heterocycles. The number of nitrogens with one attached hydrogen (secondary N) is 1. The van der Waals surface area contributed by atoms with E-state index in [0.717, 1.165) is 37.1 Å². The van der Waals surface area contributed by atoms with E-state index in [9.17, 15) is 0 Å². The maximum absolute atomic E-state index is 5.73. The van der Waals surface area contributed by atoms with Crippen molar-refractivity contribution in [3.05, 3.63) is 24.3 Å². The monoisotopic (exact) mass is 235 g/mol. The van der Waals surface area contributed by atoms with Crippen molar-refractivity contribution in [1.29, 1.82) is 0 Å². The van der Waals surface area contributed by atoms with Crippen molar-refractivity contribution in [1.82, 2.24) is 5.32 Å². The van der Waals surface area contributed by atoms with E-state index >= 15 is 0 Å². The van der Waals surface area contributed by atoms with Gasteiger partial charge in [-0.25, -0.2) is 0 Å². The lowest BCUT2D eigenvalue weighted by atomic mass is 10.3. The SMILES string of the molecule is CCOc1ccccc1OCCCNC1CC1. The van der Waals surface area contributed by atoms with Crippen molar-refractivity contribution in [2.75, 3.05) is 19.8 Å². The molecule has 1 aliphatic carbocycles. The molecule has 1 fully saturated rings. The smallest absolute Gasteiger partial charge is 0.161 e. The first-order chi connectivity index (χ1) is 8.40. The summed E-state index contributed by atoms with van der Waals surface area (Å²) in [6, 6.07) is 8.62. The average Bonchev–Trinajstić information content (AvgIpc) is 3.15. The van der Waals surface area contributed by atoms with Gasteiger partial charge in [-0.15, -0.1) is 0 Å². The summed E-state index contributed by atoms with van der Waals surface area (Å²) in [4.78, 5) is 0. The summed E-state index contributed by atoms with van der Waals surface area (Å²) in [7, 11) is 0. The lowest BCUT2D eigenvalue weighted by Gasteiger charge is -2.11. The minimum Gasteiger partial charge on any atom is -0.490 e. The molecule has 0 atom stereocenters. The Balaban J connectivity index is 1.69. The van der Waals surface area contributed by atoms with Crippen molar-refractivity contribution in [3.8, 4) is 11.5 Å². The second-order valence-electron chi connectivity index (χ2n) is 4.31. The van der Waals surface area contributed by atoms with Crippen LogP contribution >= 0.6 is 0 Å². The summed E-state index contributed by atoms with van der Waals surface area (Å²) in [5.41, 5.74) is 0. The van der Waals surface area contributed by atoms with Crippen LogP contribution in [0.25, 0.3) is 0 Å². The van der Waals surface area contributed by atoms with Gasteiger partial charge in [0.2, 0.25) is 0 Å². The van der Waals surface area contributed by atoms with E-state index in [1.54, 1.807) is 0 Å². The summed E-state index contributed by atoms with van der Waals surface area (Å²) in [5.74, 6) is 1.69. The van der Waals surface area contributed by atoms with E-state index in [1.165, 1.54) is 12.8 Å². The molecule has 1 aliphatic rings. The molecule has 1 N–H and O–H groups in total. The number of hydrogen-bond donors (Lipinski definition) is 1. The van der Waals surface area contributed by atoms with E-state index in [-0.39, 0.29) is 0 Å². The van der Waals surface area contributed by atoms with Crippen molar-refractivity contribution >= 4 is 0 Å². The molecule has 2 rings (SSSR count). The molecular weight excluding hydrogens is 214 g/mol. The van der Waals surface area contributed by atoms with Crippen LogP contribution in [0.5, 0.6) is 11.5 Å². The Morgan fingerprint density at radius 1 is 1.18 bits per heavy atom. The first-order valence-electron chi connectivity index (χ1n) is 6.48. The van der Waals surface area contributed by atoms with Crippen LogP contribution in [-0.4, -0.2) is 25.8 Å². The highest BCUT2D eigenvalue weighted by molar-refractivity contribution is 5.39. The van der Waals surface area contributed by atoms with E-state index in [1.807, 2.05) is 31.2 Å². The van der Waals surface area contributed by atoms with Gasteiger partial charge in [0.1, 0.15) is 0 Å². The summed E-state index contributed by atoms with van der Waals surface area (Å²) in [5, 5.41) is 3.47. The van der Waals surface area contributed by atoms with Gasteiger partial charge in [0, 0.05) is 6.04 Å². The van der Waals surface area contributed by atoms with Gasteiger partial charge in [0.05, 0.1) is 13.2 Å². The van der Waals surface area contributed by atoms with Gasteiger partial charge in [0.25, 0.3) is 0 Å². The highest BCUT2D eigenvalue weighted by Gasteiger charge is 2.19. The molecule has 0 spiro atoms. The maximum Gasteiger partial charge on any atom is 0.161 e. The van der Waals surface area contributed by atoms with E-state index < -0.39 is 0 Å². The molecule has 1 aromatic rings. The van der Waals surface area contributed by atoms with Crippen molar-refractivity contribution in [2.45, 2.75) is 32.2 Å². The minimum absolute atomic E-state index is 0.670. The van der Waals surface area contributed by atoms with Gasteiger partial charge in [0.15, 0.2) is 11.5 Å². The molecule has 94 valence electrons. The van der Waals surface area contributed by atoms with Crippen LogP contribution in [0.2, 0.25) is 0 Å². The summed E-state index contributed by atoms with van der Waals surface area (Å²) in [6.07, 6.45) is 3.72. The molecule has 17 heavy (non-hydrogen) atoms. The standard InChI is InChI=1S/C14H21NO2/c1-2-16-13-6-3-4-7-14(13)17-11-5-10-15-12-8-9-12/h3-4,6-7,12,15H,2,5,8-11H2,1H3. The van der Waals surface area contributed by atoms with Crippen LogP contribution in [-0.2, 0) is 0 Å². The minimum atomic E-state index is 0.670. The zero-order chi connectivity index (χ0) is 11.9. The number of rotatable bonds is 8. The van der Waals surface area contributed by atoms with Crippen molar-refractivity contribution in [3.63, 3.8) is 0 Å². The fraction of sp³-hybridized carbons (Fsp3) is 0.571. The average molecular weight is 235 g/mol. The van der Waals surface area contributed by atoms with Gasteiger partial charge in [-0.1, -0.05) is 12.1 Å². The van der Waals surface area contributed by atoms with Crippen LogP contribution in [0, 0.1) is 0 Å². The van der Waals surface area contributed by atoms with Crippen molar-refractivity contribution in [2.24, 2.45) is 0 Å². The van der Waals surface area contributed by atoms with E-state index in [2.05, 4.69) is 5.32 Å². The number of para-hydroxylation sites is 2. The van der Waals surface area contributed by atoms with Crippen LogP contribution < -0.4 is 14.8 Å². The van der Waals surface area contributed by atoms with E-state index in [4.69, 9.17) is 9.47 Å². The van der Waals surface area contributed by atoms with Gasteiger partial charge in [-0.05, 0) is 44.9 Å². The lowest BCUT2D eigenvalue weighted by Crippen LogP contribution is -2.19. The quantitative estimate of drug-likeness (QED) is 0.703. The van der Waals surface area contributed by atoms with Crippen molar-refractivity contribution < 1.29 is 9.47 Å². The van der Waals surface area contributed by atoms with Gasteiger partial charge in [-0.2, -0.15) is 0 Å². The second kappa shape index (κ2) is 6.50. The van der Waals surface area contributed by atoms with Crippen LogP contribution in [0.1, 0.15) is 26.2 Å². The Morgan fingerprint density at radius 2 is 1.88 bits per heavy atom. The molecule has 0 unspecified atom stereocenters. The zero-order valence-electron chi connectivity index (χ0n) is 10.4. The predicted octanol–water partition coefficient (Wildman–Crippen LogP) is 2.61. The Bertz CT molecular complexity index is 337. The second-order valence-corrected chi connectivity index (χ2v) is 4.31. The predicted molar refractivity (Wildman–Crippen MR) is 68.7 cm³/mol. The Hall–Kier alpha value is -1.22. The number of hydrogen-bond acceptors (Lipinski definition) is 3. The molecule has 1 saturated carbocycles. The highest BCUT2D eigenvalue weighted by atomic mass is 16.5. The fourth-order valence-corrected chi connectivity index (χ4v) is 1.69. The normalized spacial score (nSPS) is 14.6. The Kier molecular flexibility index (Phi) is 4.68. The van der Waals surface area contributed by atoms with Crippen LogP contribution in [0.15, 0.2) is 24.3 Å². The summed E-state index contributed by atoms with van der Waals surface area (Å²) in [6.45, 7) is 4.44. The number of ether oxygens (including phenoxy) is 2. The van der Waals surface area contributed by atoms with Gasteiger partial charge < -0.3 is 14.8 Å². The molecular formula is C14H21NO2. The molecule has 3 nitrogen and oxygen atoms in total. The first kappa shape index (κ1) is 12.2. The summed E-state index contributed by atoms with van der Waals surface area (Å²) >= 11 is 0. The molecule has 3 heteroatoms. The summed E-state index contributed by atoms with van der Waals surface area (Å²) < 4.78 is 11.2. The Labute approximate surface area is 103 Å². The maximum atomic E-state index is 5.73. The molecule has 0 heterocycles. The molecule has 1 aromatic carbocycles. The van der Waals surface area contributed by atoms with Crippen LogP contribution in [0.4, 0.5) is 0 Å². The number of benzene rings is 1. The molecule has 0 radical (unpaired) electrons. The highest BCUT2D eigenvalue weighted by Crippen LogP contribution is 2.26. The molecule has 0 saturated heterocycles. The third kappa shape index (κ3) is 4.27. The lowest BCUT2D eigenvalue weighted by molar-refractivity contribution is 0.272. The topological polar surface area (TPSA) is 30.5 Å². The largest absolute Gasteiger partial charge is 0.490 e. The fourth-order valence-electron chi connectivity index (χ4n) is 1.69. The van der Waals surface area contributed by atoms with Gasteiger partial charge >= 0.3 is 0 Å².